The van der Waals surface area contributed by atoms with E-state index in [1.807, 2.05) is 6.92 Å². The average Bonchev–Trinajstić information content (AvgIpc) is 2.61. The lowest BCUT2D eigenvalue weighted by Gasteiger charge is -2.13. The van der Waals surface area contributed by atoms with E-state index in [-0.39, 0.29) is 18.3 Å². The van der Waals surface area contributed by atoms with Gasteiger partial charge in [-0.15, -0.1) is 0 Å². The number of methoxy groups -OCH3 is 1. The van der Waals surface area contributed by atoms with Crippen LogP contribution in [0.3, 0.4) is 0 Å². The first-order valence-corrected chi connectivity index (χ1v) is 8.51. The molecule has 2 aromatic rings. The quantitative estimate of drug-likeness (QED) is 0.671. The van der Waals surface area contributed by atoms with Gasteiger partial charge in [-0.2, -0.15) is 0 Å². The molecule has 0 unspecified atom stereocenters. The molecule has 0 bridgehead atoms. The second kappa shape index (κ2) is 9.27. The lowest BCUT2D eigenvalue weighted by molar-refractivity contribution is 0.0946. The molecule has 0 aliphatic carbocycles. The number of hydrogen-bond donors (Lipinski definition) is 1. The van der Waals surface area contributed by atoms with Gasteiger partial charge in [0.2, 0.25) is 0 Å². The van der Waals surface area contributed by atoms with Crippen LogP contribution in [0.2, 0.25) is 0 Å². The molecule has 2 aromatic carbocycles. The predicted octanol–water partition coefficient (Wildman–Crippen LogP) is 3.80. The molecular formula is C18H19BrFNO4. The van der Waals surface area contributed by atoms with Crippen molar-refractivity contribution in [3.63, 3.8) is 0 Å². The van der Waals surface area contributed by atoms with Crippen molar-refractivity contribution < 1.29 is 23.4 Å². The molecule has 5 nitrogen and oxygen atoms in total. The highest BCUT2D eigenvalue weighted by atomic mass is 79.9. The SMILES string of the molecule is CCOc1c(Br)cc(C(=O)NCCOc2ccc(F)cc2)cc1OC. The molecule has 0 aromatic heterocycles. The van der Waals surface area contributed by atoms with Crippen LogP contribution in [-0.4, -0.2) is 32.8 Å². The van der Waals surface area contributed by atoms with E-state index >= 15 is 0 Å². The van der Waals surface area contributed by atoms with E-state index in [2.05, 4.69) is 21.2 Å². The fourth-order valence-electron chi connectivity index (χ4n) is 2.10. The number of carbonyl (C=O) groups excluding carboxylic acids is 1. The van der Waals surface area contributed by atoms with Crippen molar-refractivity contribution >= 4 is 21.8 Å². The van der Waals surface area contributed by atoms with Crippen LogP contribution in [0, 0.1) is 5.82 Å². The van der Waals surface area contributed by atoms with E-state index in [1.54, 1.807) is 12.1 Å². The number of ether oxygens (including phenoxy) is 3. The summed E-state index contributed by atoms with van der Waals surface area (Å²) < 4.78 is 29.6. The molecule has 0 fully saturated rings. The van der Waals surface area contributed by atoms with Gasteiger partial charge in [-0.1, -0.05) is 0 Å². The number of hydrogen-bond acceptors (Lipinski definition) is 4. The first kappa shape index (κ1) is 19.1. The maximum absolute atomic E-state index is 12.8. The largest absolute Gasteiger partial charge is 0.493 e. The lowest BCUT2D eigenvalue weighted by Crippen LogP contribution is -2.28. The molecule has 0 aliphatic rings. The summed E-state index contributed by atoms with van der Waals surface area (Å²) in [6, 6.07) is 8.99. The third-order valence-electron chi connectivity index (χ3n) is 3.25. The van der Waals surface area contributed by atoms with Crippen molar-refractivity contribution in [3.05, 3.63) is 52.3 Å². The van der Waals surface area contributed by atoms with Crippen molar-refractivity contribution in [2.75, 3.05) is 26.9 Å². The summed E-state index contributed by atoms with van der Waals surface area (Å²) in [5.41, 5.74) is 0.439. The minimum Gasteiger partial charge on any atom is -0.493 e. The summed E-state index contributed by atoms with van der Waals surface area (Å²) in [6.07, 6.45) is 0. The lowest BCUT2D eigenvalue weighted by atomic mass is 10.2. The van der Waals surface area contributed by atoms with Crippen LogP contribution in [0.15, 0.2) is 40.9 Å². The summed E-state index contributed by atoms with van der Waals surface area (Å²) in [6.45, 7) is 2.94. The zero-order valence-electron chi connectivity index (χ0n) is 14.0. The van der Waals surface area contributed by atoms with E-state index in [0.717, 1.165) is 0 Å². The van der Waals surface area contributed by atoms with Gasteiger partial charge in [-0.3, -0.25) is 4.79 Å². The Hall–Kier alpha value is -2.28. The molecule has 0 radical (unpaired) electrons. The van der Waals surface area contributed by atoms with Crippen molar-refractivity contribution in [1.29, 1.82) is 0 Å². The Morgan fingerprint density at radius 1 is 1.20 bits per heavy atom. The third-order valence-corrected chi connectivity index (χ3v) is 3.84. The molecule has 0 atom stereocenters. The van der Waals surface area contributed by atoms with Crippen LogP contribution < -0.4 is 19.5 Å². The van der Waals surface area contributed by atoms with Crippen molar-refractivity contribution in [2.45, 2.75) is 6.92 Å². The smallest absolute Gasteiger partial charge is 0.251 e. The highest BCUT2D eigenvalue weighted by molar-refractivity contribution is 9.10. The fourth-order valence-corrected chi connectivity index (χ4v) is 2.66. The second-order valence-corrected chi connectivity index (χ2v) is 5.84. The fraction of sp³-hybridized carbons (Fsp3) is 0.278. The van der Waals surface area contributed by atoms with Gasteiger partial charge in [0.15, 0.2) is 11.5 Å². The van der Waals surface area contributed by atoms with E-state index in [0.29, 0.717) is 40.4 Å². The standard InChI is InChI=1S/C18H19BrFNO4/c1-3-24-17-15(19)10-12(11-16(17)23-2)18(22)21-8-9-25-14-6-4-13(20)5-7-14/h4-7,10-11H,3,8-9H2,1-2H3,(H,21,22). The van der Waals surface area contributed by atoms with Crippen LogP contribution in [0.25, 0.3) is 0 Å². The van der Waals surface area contributed by atoms with Crippen LogP contribution in [-0.2, 0) is 0 Å². The van der Waals surface area contributed by atoms with Crippen LogP contribution in [0.4, 0.5) is 4.39 Å². The Labute approximate surface area is 154 Å². The number of rotatable bonds is 8. The summed E-state index contributed by atoms with van der Waals surface area (Å²) in [4.78, 5) is 12.3. The third kappa shape index (κ3) is 5.35. The van der Waals surface area contributed by atoms with Crippen molar-refractivity contribution in [2.24, 2.45) is 0 Å². The van der Waals surface area contributed by atoms with Gasteiger partial charge in [-0.05, 0) is 59.3 Å². The predicted molar refractivity (Wildman–Crippen MR) is 96.1 cm³/mol. The molecule has 0 aliphatic heterocycles. The molecule has 2 rings (SSSR count). The highest BCUT2D eigenvalue weighted by Crippen LogP contribution is 2.36. The van der Waals surface area contributed by atoms with Gasteiger partial charge in [0.25, 0.3) is 5.91 Å². The summed E-state index contributed by atoms with van der Waals surface area (Å²) in [7, 11) is 1.52. The molecule has 1 amide bonds. The molecule has 1 N–H and O–H groups in total. The summed E-state index contributed by atoms with van der Waals surface area (Å²) in [5, 5.41) is 2.76. The number of benzene rings is 2. The van der Waals surface area contributed by atoms with Crippen molar-refractivity contribution in [3.8, 4) is 17.2 Å². The number of carbonyl (C=O) groups is 1. The van der Waals surface area contributed by atoms with Crippen LogP contribution in [0.5, 0.6) is 17.2 Å². The Kier molecular flexibility index (Phi) is 7.06. The number of halogens is 2. The van der Waals surface area contributed by atoms with Gasteiger partial charge in [-0.25, -0.2) is 4.39 Å². The first-order chi connectivity index (χ1) is 12.0. The Morgan fingerprint density at radius 3 is 2.56 bits per heavy atom. The minimum atomic E-state index is -0.323. The Balaban J connectivity index is 1.92. The van der Waals surface area contributed by atoms with Crippen LogP contribution >= 0.6 is 15.9 Å². The summed E-state index contributed by atoms with van der Waals surface area (Å²) >= 11 is 3.39. The van der Waals surface area contributed by atoms with Gasteiger partial charge in [0.05, 0.1) is 24.7 Å². The highest BCUT2D eigenvalue weighted by Gasteiger charge is 2.15. The molecule has 0 spiro atoms. The number of amides is 1. The molecule has 134 valence electrons. The van der Waals surface area contributed by atoms with E-state index < -0.39 is 0 Å². The monoisotopic (exact) mass is 411 g/mol. The van der Waals surface area contributed by atoms with Gasteiger partial charge < -0.3 is 19.5 Å². The molecule has 25 heavy (non-hydrogen) atoms. The maximum Gasteiger partial charge on any atom is 0.251 e. The molecular weight excluding hydrogens is 393 g/mol. The van der Waals surface area contributed by atoms with Crippen molar-refractivity contribution in [1.82, 2.24) is 5.32 Å². The zero-order chi connectivity index (χ0) is 18.2. The van der Waals surface area contributed by atoms with E-state index in [9.17, 15) is 9.18 Å². The average molecular weight is 412 g/mol. The molecule has 7 heteroatoms. The van der Waals surface area contributed by atoms with Crippen LogP contribution in [0.1, 0.15) is 17.3 Å². The Bertz CT molecular complexity index is 722. The number of nitrogens with one attached hydrogen (secondary N) is 1. The maximum atomic E-state index is 12.8. The summed E-state index contributed by atoms with van der Waals surface area (Å²) in [5.74, 6) is 0.992. The topological polar surface area (TPSA) is 56.8 Å². The second-order valence-electron chi connectivity index (χ2n) is 4.98. The van der Waals surface area contributed by atoms with Gasteiger partial charge in [0.1, 0.15) is 18.2 Å². The zero-order valence-corrected chi connectivity index (χ0v) is 15.6. The Morgan fingerprint density at radius 2 is 1.92 bits per heavy atom. The van der Waals surface area contributed by atoms with E-state index in [1.165, 1.54) is 31.4 Å². The van der Waals surface area contributed by atoms with E-state index in [4.69, 9.17) is 14.2 Å². The minimum absolute atomic E-state index is 0.259. The van der Waals surface area contributed by atoms with Gasteiger partial charge in [0, 0.05) is 5.56 Å². The van der Waals surface area contributed by atoms with Gasteiger partial charge >= 0.3 is 0 Å². The molecule has 0 saturated carbocycles. The first-order valence-electron chi connectivity index (χ1n) is 7.72. The molecule has 0 saturated heterocycles. The molecule has 0 heterocycles. The normalized spacial score (nSPS) is 10.2.